The SMILES string of the molecule is CN(C)CCN(Cc1ccc(F)c(F)c1)C(=O)C1CCCC(N)C1. The van der Waals surface area contributed by atoms with Gasteiger partial charge in [-0.05, 0) is 51.1 Å². The summed E-state index contributed by atoms with van der Waals surface area (Å²) in [5.41, 5.74) is 6.60. The number of rotatable bonds is 6. The van der Waals surface area contributed by atoms with Crippen LogP contribution in [0.15, 0.2) is 18.2 Å². The summed E-state index contributed by atoms with van der Waals surface area (Å²) in [6.07, 6.45) is 3.48. The number of carbonyl (C=O) groups is 1. The van der Waals surface area contributed by atoms with Gasteiger partial charge >= 0.3 is 0 Å². The molecule has 1 amide bonds. The van der Waals surface area contributed by atoms with Crippen LogP contribution in [0, 0.1) is 17.6 Å². The Morgan fingerprint density at radius 3 is 2.58 bits per heavy atom. The second kappa shape index (κ2) is 8.53. The molecule has 2 unspecified atom stereocenters. The first kappa shape index (κ1) is 18.8. The van der Waals surface area contributed by atoms with Crippen LogP contribution in [0.1, 0.15) is 31.2 Å². The van der Waals surface area contributed by atoms with Gasteiger partial charge in [-0.2, -0.15) is 0 Å². The maximum Gasteiger partial charge on any atom is 0.226 e. The molecule has 4 nitrogen and oxygen atoms in total. The highest BCUT2D eigenvalue weighted by Crippen LogP contribution is 2.25. The van der Waals surface area contributed by atoms with Gasteiger partial charge in [-0.1, -0.05) is 12.5 Å². The number of carbonyl (C=O) groups excluding carboxylic acids is 1. The summed E-state index contributed by atoms with van der Waals surface area (Å²) in [6.45, 7) is 1.56. The molecule has 2 rings (SSSR count). The van der Waals surface area contributed by atoms with Crippen molar-refractivity contribution in [1.29, 1.82) is 0 Å². The lowest BCUT2D eigenvalue weighted by molar-refractivity contribution is -0.137. The average Bonchev–Trinajstić information content (AvgIpc) is 2.54. The quantitative estimate of drug-likeness (QED) is 0.866. The van der Waals surface area contributed by atoms with Gasteiger partial charge in [0.15, 0.2) is 11.6 Å². The van der Waals surface area contributed by atoms with Gasteiger partial charge in [-0.3, -0.25) is 4.79 Å². The minimum Gasteiger partial charge on any atom is -0.337 e. The molecule has 2 N–H and O–H groups in total. The number of nitrogens with zero attached hydrogens (tertiary/aromatic N) is 2. The number of hydrogen-bond donors (Lipinski definition) is 1. The molecular formula is C18H27F2N3O. The smallest absolute Gasteiger partial charge is 0.226 e. The molecule has 1 fully saturated rings. The number of likely N-dealkylation sites (N-methyl/N-ethyl adjacent to an activating group) is 1. The van der Waals surface area contributed by atoms with Gasteiger partial charge < -0.3 is 15.5 Å². The molecule has 0 radical (unpaired) electrons. The molecule has 24 heavy (non-hydrogen) atoms. The van der Waals surface area contributed by atoms with E-state index in [1.54, 1.807) is 4.90 Å². The van der Waals surface area contributed by atoms with Crippen LogP contribution in [0.3, 0.4) is 0 Å². The van der Waals surface area contributed by atoms with Crippen molar-refractivity contribution in [2.45, 2.75) is 38.3 Å². The zero-order chi connectivity index (χ0) is 17.7. The molecule has 0 bridgehead atoms. The van der Waals surface area contributed by atoms with Crippen LogP contribution in [-0.2, 0) is 11.3 Å². The molecule has 1 aromatic carbocycles. The zero-order valence-electron chi connectivity index (χ0n) is 14.5. The Labute approximate surface area is 142 Å². The number of hydrogen-bond acceptors (Lipinski definition) is 3. The molecule has 0 saturated heterocycles. The van der Waals surface area contributed by atoms with Crippen LogP contribution >= 0.6 is 0 Å². The normalized spacial score (nSPS) is 21.1. The van der Waals surface area contributed by atoms with Crippen LogP contribution in [0.25, 0.3) is 0 Å². The van der Waals surface area contributed by atoms with Crippen molar-refractivity contribution < 1.29 is 13.6 Å². The molecule has 1 aliphatic carbocycles. The number of benzene rings is 1. The average molecular weight is 339 g/mol. The number of nitrogens with two attached hydrogens (primary N) is 1. The minimum atomic E-state index is -0.882. The Bertz CT molecular complexity index is 565. The van der Waals surface area contributed by atoms with E-state index in [4.69, 9.17) is 5.73 Å². The third kappa shape index (κ3) is 5.24. The fraction of sp³-hybridized carbons (Fsp3) is 0.611. The lowest BCUT2D eigenvalue weighted by Gasteiger charge is -2.32. The molecule has 0 heterocycles. The van der Waals surface area contributed by atoms with Crippen molar-refractivity contribution in [2.75, 3.05) is 27.2 Å². The second-order valence-electron chi connectivity index (χ2n) is 6.94. The molecule has 1 aliphatic rings. The first-order valence-corrected chi connectivity index (χ1v) is 8.50. The van der Waals surface area contributed by atoms with Crippen LogP contribution in [0.4, 0.5) is 8.78 Å². The molecule has 6 heteroatoms. The summed E-state index contributed by atoms with van der Waals surface area (Å²) >= 11 is 0. The zero-order valence-corrected chi connectivity index (χ0v) is 14.5. The van der Waals surface area contributed by atoms with Crippen molar-refractivity contribution in [1.82, 2.24) is 9.80 Å². The van der Waals surface area contributed by atoms with Gasteiger partial charge in [-0.15, -0.1) is 0 Å². The Hall–Kier alpha value is -1.53. The van der Waals surface area contributed by atoms with Crippen molar-refractivity contribution in [3.63, 3.8) is 0 Å². The monoisotopic (exact) mass is 339 g/mol. The van der Waals surface area contributed by atoms with Crippen LogP contribution in [0.2, 0.25) is 0 Å². The molecule has 0 aromatic heterocycles. The fourth-order valence-electron chi connectivity index (χ4n) is 3.16. The van der Waals surface area contributed by atoms with Gasteiger partial charge in [0.05, 0.1) is 0 Å². The lowest BCUT2D eigenvalue weighted by Crippen LogP contribution is -2.42. The van der Waals surface area contributed by atoms with Crippen LogP contribution in [0.5, 0.6) is 0 Å². The van der Waals surface area contributed by atoms with Crippen LogP contribution in [-0.4, -0.2) is 48.9 Å². The minimum absolute atomic E-state index is 0.0664. The second-order valence-corrected chi connectivity index (χ2v) is 6.94. The van der Waals surface area contributed by atoms with Gasteiger partial charge in [-0.25, -0.2) is 8.78 Å². The van der Waals surface area contributed by atoms with Crippen molar-refractivity contribution >= 4 is 5.91 Å². The molecule has 0 spiro atoms. The van der Waals surface area contributed by atoms with Crippen molar-refractivity contribution in [3.8, 4) is 0 Å². The van der Waals surface area contributed by atoms with Crippen molar-refractivity contribution in [3.05, 3.63) is 35.4 Å². The predicted molar refractivity (Wildman–Crippen MR) is 90.3 cm³/mol. The van der Waals surface area contributed by atoms with E-state index in [1.807, 2.05) is 19.0 Å². The van der Waals surface area contributed by atoms with E-state index in [1.165, 1.54) is 6.07 Å². The van der Waals surface area contributed by atoms with Gasteiger partial charge in [0.1, 0.15) is 0 Å². The van der Waals surface area contributed by atoms with Gasteiger partial charge in [0.25, 0.3) is 0 Å². The molecule has 2 atom stereocenters. The Kier molecular flexibility index (Phi) is 6.69. The largest absolute Gasteiger partial charge is 0.337 e. The standard InChI is InChI=1S/C18H27F2N3O/c1-22(2)8-9-23(12-13-6-7-16(19)17(20)10-13)18(24)14-4-3-5-15(21)11-14/h6-7,10,14-15H,3-5,8-9,11-12,21H2,1-2H3. The third-order valence-electron chi connectivity index (χ3n) is 4.55. The lowest BCUT2D eigenvalue weighted by atomic mass is 9.85. The van der Waals surface area contributed by atoms with Gasteiger partial charge in [0, 0.05) is 31.6 Å². The maximum absolute atomic E-state index is 13.4. The molecule has 1 aromatic rings. The first-order chi connectivity index (χ1) is 11.4. The van der Waals surface area contributed by atoms with Gasteiger partial charge in [0.2, 0.25) is 5.91 Å². The highest BCUT2D eigenvalue weighted by molar-refractivity contribution is 5.79. The van der Waals surface area contributed by atoms with Crippen molar-refractivity contribution in [2.24, 2.45) is 11.7 Å². The molecular weight excluding hydrogens is 312 g/mol. The van der Waals surface area contributed by atoms with E-state index < -0.39 is 11.6 Å². The van der Waals surface area contributed by atoms with E-state index in [2.05, 4.69) is 0 Å². The van der Waals surface area contributed by atoms with E-state index in [9.17, 15) is 13.6 Å². The Morgan fingerprint density at radius 2 is 1.96 bits per heavy atom. The number of halogens is 2. The summed E-state index contributed by atoms with van der Waals surface area (Å²) in [7, 11) is 3.88. The summed E-state index contributed by atoms with van der Waals surface area (Å²) < 4.78 is 26.6. The molecule has 0 aliphatic heterocycles. The van der Waals surface area contributed by atoms with E-state index in [0.29, 0.717) is 25.1 Å². The van der Waals surface area contributed by atoms with Crippen LogP contribution < -0.4 is 5.73 Å². The summed E-state index contributed by atoms with van der Waals surface area (Å²) in [5, 5.41) is 0. The highest BCUT2D eigenvalue weighted by atomic mass is 19.2. The fourth-order valence-corrected chi connectivity index (χ4v) is 3.16. The highest BCUT2D eigenvalue weighted by Gasteiger charge is 2.29. The summed E-state index contributed by atoms with van der Waals surface area (Å²) in [4.78, 5) is 16.6. The topological polar surface area (TPSA) is 49.6 Å². The maximum atomic E-state index is 13.4. The summed E-state index contributed by atoms with van der Waals surface area (Å²) in [5.74, 6) is -1.76. The number of amides is 1. The predicted octanol–water partition coefficient (Wildman–Crippen LogP) is 2.37. The summed E-state index contributed by atoms with van der Waals surface area (Å²) in [6, 6.07) is 3.88. The van der Waals surface area contributed by atoms with E-state index in [-0.39, 0.29) is 24.4 Å². The first-order valence-electron chi connectivity index (χ1n) is 8.50. The van der Waals surface area contributed by atoms with E-state index in [0.717, 1.165) is 31.4 Å². The third-order valence-corrected chi connectivity index (χ3v) is 4.55. The van der Waals surface area contributed by atoms with E-state index >= 15 is 0 Å². The molecule has 1 saturated carbocycles. The molecule has 134 valence electrons. The Morgan fingerprint density at radius 1 is 1.21 bits per heavy atom. The Balaban J connectivity index is 2.10.